The molecule has 0 aromatic heterocycles. The molecule has 0 aliphatic carbocycles. The van der Waals surface area contributed by atoms with Crippen molar-refractivity contribution in [3.8, 4) is 0 Å². The van der Waals surface area contributed by atoms with Gasteiger partial charge in [-0.25, -0.2) is 0 Å². The molecular weight excluding hydrogens is 200 g/mol. The molecule has 0 spiro atoms. The summed E-state index contributed by atoms with van der Waals surface area (Å²) >= 11 is 0. The molecule has 0 saturated carbocycles. The van der Waals surface area contributed by atoms with Crippen molar-refractivity contribution in [2.75, 3.05) is 0 Å². The summed E-state index contributed by atoms with van der Waals surface area (Å²) in [5, 5.41) is 1.37. The third-order valence-electron chi connectivity index (χ3n) is 1.59. The molecule has 12 heavy (non-hydrogen) atoms. The highest BCUT2D eigenvalue weighted by Gasteiger charge is 1.92. The minimum atomic E-state index is -0.608. The van der Waals surface area contributed by atoms with E-state index in [1.807, 2.05) is 0 Å². The van der Waals surface area contributed by atoms with E-state index >= 15 is 0 Å². The molecule has 0 N–H and O–H groups in total. The third-order valence-corrected chi connectivity index (χ3v) is 4.82. The fourth-order valence-electron chi connectivity index (χ4n) is 0.927. The fourth-order valence-corrected chi connectivity index (χ4v) is 4.80. The maximum Gasteiger partial charge on any atom is 0.283 e. The zero-order valence-corrected chi connectivity index (χ0v) is 12.4. The van der Waals surface area contributed by atoms with Gasteiger partial charge in [-0.05, 0) is 12.1 Å². The number of rotatable bonds is 4. The zero-order valence-electron chi connectivity index (χ0n) is 7.54. The predicted octanol–water partition coefficient (Wildman–Crippen LogP) is -1.98. The van der Waals surface area contributed by atoms with E-state index in [0.29, 0.717) is 0 Å². The van der Waals surface area contributed by atoms with E-state index in [1.54, 1.807) is 0 Å². The Morgan fingerprint density at radius 2 is 1.92 bits per heavy atom. The Hall–Kier alpha value is -0.209. The van der Waals surface area contributed by atoms with E-state index < -0.39 is 19.8 Å². The first-order chi connectivity index (χ1) is 5.83. The molecule has 0 fully saturated rings. The summed E-state index contributed by atoms with van der Waals surface area (Å²) in [5.41, 5.74) is 1.31. The van der Waals surface area contributed by atoms with Gasteiger partial charge in [-0.15, -0.1) is 0 Å². The molecule has 0 aliphatic heterocycles. The van der Waals surface area contributed by atoms with Crippen LogP contribution >= 0.6 is 0 Å². The maximum absolute atomic E-state index is 5.50. The molecule has 1 rings (SSSR count). The summed E-state index contributed by atoms with van der Waals surface area (Å²) in [7, 11) is -0.265. The highest BCUT2D eigenvalue weighted by Crippen LogP contribution is 1.91. The van der Waals surface area contributed by atoms with Crippen LogP contribution in [0.4, 0.5) is 0 Å². The Kier molecular flexibility index (Phi) is 4.48. The average Bonchev–Trinajstić information content (AvgIpc) is 2.09. The van der Waals surface area contributed by atoms with Crippen LogP contribution in [0.25, 0.3) is 0 Å². The lowest BCUT2D eigenvalue weighted by Crippen LogP contribution is -2.19. The number of hydrogen-bond donors (Lipinski definition) is 0. The van der Waals surface area contributed by atoms with Crippen molar-refractivity contribution >= 4 is 35.4 Å². The van der Waals surface area contributed by atoms with Crippen LogP contribution in [0.5, 0.6) is 0 Å². The summed E-state index contributed by atoms with van der Waals surface area (Å²) in [6.07, 6.45) is 0. The van der Waals surface area contributed by atoms with Gasteiger partial charge in [0.2, 0.25) is 0 Å². The van der Waals surface area contributed by atoms with Crippen LogP contribution in [0.2, 0.25) is 0 Å². The molecular formula is C7H14O2Si3. The first kappa shape index (κ1) is 9.88. The Morgan fingerprint density at radius 3 is 2.50 bits per heavy atom. The summed E-state index contributed by atoms with van der Waals surface area (Å²) in [5.74, 6) is 0. The standard InChI is InChI=1S/C7H14O2Si3/c1-6-2-4-7(5-3-6)11-9-12-8-10/h2-5H,11-12H2,1,10H3. The van der Waals surface area contributed by atoms with Crippen molar-refractivity contribution in [3.63, 3.8) is 0 Å². The molecule has 66 valence electrons. The van der Waals surface area contributed by atoms with Gasteiger partial charge in [0, 0.05) is 0 Å². The van der Waals surface area contributed by atoms with Crippen LogP contribution in [0.1, 0.15) is 5.56 Å². The minimum Gasteiger partial charge on any atom is -0.449 e. The van der Waals surface area contributed by atoms with E-state index in [1.165, 1.54) is 10.8 Å². The van der Waals surface area contributed by atoms with E-state index in [9.17, 15) is 0 Å². The minimum absolute atomic E-state index is 0.479. The molecule has 1 aromatic carbocycles. The topological polar surface area (TPSA) is 18.5 Å². The van der Waals surface area contributed by atoms with E-state index in [2.05, 4.69) is 31.2 Å². The third kappa shape index (κ3) is 3.46. The number of aryl methyl sites for hydroxylation is 1. The van der Waals surface area contributed by atoms with E-state index in [4.69, 9.17) is 8.23 Å². The van der Waals surface area contributed by atoms with Crippen LogP contribution in [-0.4, -0.2) is 30.3 Å². The normalized spacial score (nSPS) is 12.4. The lowest BCUT2D eigenvalue weighted by molar-refractivity contribution is 0.507. The summed E-state index contributed by atoms with van der Waals surface area (Å²) in [6, 6.07) is 8.58. The maximum atomic E-state index is 5.50. The Balaban J connectivity index is 2.37. The van der Waals surface area contributed by atoms with Gasteiger partial charge in [-0.3, -0.25) is 0 Å². The van der Waals surface area contributed by atoms with Crippen molar-refractivity contribution in [2.45, 2.75) is 6.92 Å². The predicted molar refractivity (Wildman–Crippen MR) is 60.0 cm³/mol. The second-order valence-corrected chi connectivity index (χ2v) is 8.02. The van der Waals surface area contributed by atoms with Gasteiger partial charge in [0.1, 0.15) is 10.5 Å². The first-order valence-corrected chi connectivity index (χ1v) is 7.20. The molecule has 0 radical (unpaired) electrons. The zero-order chi connectivity index (χ0) is 8.81. The monoisotopic (exact) mass is 214 g/mol. The van der Waals surface area contributed by atoms with E-state index in [0.717, 1.165) is 10.5 Å². The molecule has 0 atom stereocenters. The van der Waals surface area contributed by atoms with Crippen LogP contribution in [0.15, 0.2) is 24.3 Å². The van der Waals surface area contributed by atoms with Crippen molar-refractivity contribution in [1.29, 1.82) is 0 Å². The highest BCUT2D eigenvalue weighted by atomic mass is 28.3. The second kappa shape index (κ2) is 5.44. The quantitative estimate of drug-likeness (QED) is 0.427. The molecule has 0 unspecified atom stereocenters. The van der Waals surface area contributed by atoms with Crippen molar-refractivity contribution in [3.05, 3.63) is 29.8 Å². The van der Waals surface area contributed by atoms with Crippen molar-refractivity contribution in [2.24, 2.45) is 0 Å². The highest BCUT2D eigenvalue weighted by molar-refractivity contribution is 6.53. The van der Waals surface area contributed by atoms with Gasteiger partial charge in [0.25, 0.3) is 10.0 Å². The molecule has 0 heterocycles. The van der Waals surface area contributed by atoms with Gasteiger partial charge < -0.3 is 8.23 Å². The molecule has 1 aromatic rings. The summed E-state index contributed by atoms with van der Waals surface area (Å²) in [6.45, 7) is 2.10. The largest absolute Gasteiger partial charge is 0.449 e. The Bertz CT molecular complexity index is 225. The second-order valence-electron chi connectivity index (χ2n) is 2.74. The van der Waals surface area contributed by atoms with Crippen molar-refractivity contribution < 1.29 is 8.23 Å². The SMILES string of the molecule is Cc1ccc([SiH2]O[SiH2]O[SiH3])cc1. The molecule has 0 aliphatic rings. The number of benzene rings is 1. The van der Waals surface area contributed by atoms with Gasteiger partial charge in [0.15, 0.2) is 9.76 Å². The molecule has 0 amide bonds. The Labute approximate surface area is 80.8 Å². The average molecular weight is 214 g/mol. The molecule has 0 bridgehead atoms. The van der Waals surface area contributed by atoms with Gasteiger partial charge in [-0.1, -0.05) is 29.8 Å². The van der Waals surface area contributed by atoms with Crippen molar-refractivity contribution in [1.82, 2.24) is 0 Å². The lowest BCUT2D eigenvalue weighted by Gasteiger charge is -2.02. The summed E-state index contributed by atoms with van der Waals surface area (Å²) < 4.78 is 10.6. The smallest absolute Gasteiger partial charge is 0.283 e. The van der Waals surface area contributed by atoms with Crippen LogP contribution < -0.4 is 5.19 Å². The van der Waals surface area contributed by atoms with Gasteiger partial charge in [-0.2, -0.15) is 0 Å². The van der Waals surface area contributed by atoms with Gasteiger partial charge in [0.05, 0.1) is 0 Å². The Morgan fingerprint density at radius 1 is 1.25 bits per heavy atom. The van der Waals surface area contributed by atoms with Crippen LogP contribution in [0.3, 0.4) is 0 Å². The first-order valence-electron chi connectivity index (χ1n) is 3.95. The molecule has 2 nitrogen and oxygen atoms in total. The van der Waals surface area contributed by atoms with E-state index in [-0.39, 0.29) is 0 Å². The molecule has 5 heteroatoms. The molecule has 0 saturated heterocycles. The van der Waals surface area contributed by atoms with Gasteiger partial charge >= 0.3 is 0 Å². The summed E-state index contributed by atoms with van der Waals surface area (Å²) in [4.78, 5) is 0. The van der Waals surface area contributed by atoms with Crippen LogP contribution in [-0.2, 0) is 8.23 Å². The lowest BCUT2D eigenvalue weighted by atomic mass is 10.2. The fraction of sp³-hybridized carbons (Fsp3) is 0.143. The van der Waals surface area contributed by atoms with Crippen LogP contribution in [0, 0.1) is 6.92 Å². The number of hydrogen-bond acceptors (Lipinski definition) is 2.